The fraction of sp³-hybridized carbons (Fsp3) is 0.118. The van der Waals surface area contributed by atoms with E-state index in [2.05, 4.69) is 11.3 Å². The molecule has 2 aromatic carbocycles. The first-order valence-corrected chi connectivity index (χ1v) is 10.0. The molecule has 0 bridgehead atoms. The summed E-state index contributed by atoms with van der Waals surface area (Å²) in [7, 11) is -3.77. The van der Waals surface area contributed by atoms with Crippen molar-refractivity contribution in [3.05, 3.63) is 69.3 Å². The average Bonchev–Trinajstić information content (AvgIpc) is 2.85. The van der Waals surface area contributed by atoms with E-state index >= 15 is 0 Å². The number of allylic oxidation sites excluding steroid dienone is 1. The van der Waals surface area contributed by atoms with Crippen LogP contribution in [0.25, 0.3) is 10.2 Å². The molecule has 1 aromatic heterocycles. The number of nitrogens with one attached hydrogen (secondary N) is 1. The second kappa shape index (κ2) is 6.67. The predicted octanol–water partition coefficient (Wildman–Crippen LogP) is 4.01. The van der Waals surface area contributed by atoms with Crippen LogP contribution in [0, 0.1) is 6.92 Å². The van der Waals surface area contributed by atoms with Gasteiger partial charge in [0.05, 0.1) is 20.8 Å². The van der Waals surface area contributed by atoms with E-state index in [1.54, 1.807) is 41.8 Å². The minimum absolute atomic E-state index is 0.0839. The molecule has 3 aromatic rings. The van der Waals surface area contributed by atoms with Crippen LogP contribution in [0.3, 0.4) is 0 Å². The Balaban J connectivity index is 1.98. The fourth-order valence-corrected chi connectivity index (χ4v) is 4.65. The van der Waals surface area contributed by atoms with Gasteiger partial charge in [0.1, 0.15) is 0 Å². The minimum Gasteiger partial charge on any atom is -0.295 e. The summed E-state index contributed by atoms with van der Waals surface area (Å²) in [6.07, 6.45) is 1.64. The quantitative estimate of drug-likeness (QED) is 0.665. The Hall–Kier alpha value is -2.09. The van der Waals surface area contributed by atoms with Gasteiger partial charge in [-0.1, -0.05) is 35.1 Å². The highest BCUT2D eigenvalue weighted by Crippen LogP contribution is 2.25. The smallest absolute Gasteiger partial charge is 0.295 e. The molecule has 1 heterocycles. The molecule has 0 aliphatic heterocycles. The lowest BCUT2D eigenvalue weighted by Crippen LogP contribution is -2.13. The van der Waals surface area contributed by atoms with Gasteiger partial charge in [0.2, 0.25) is 0 Å². The third-order valence-electron chi connectivity index (χ3n) is 3.69. The summed E-state index contributed by atoms with van der Waals surface area (Å²) in [6, 6.07) is 9.56. The molecular formula is C17H15ClN2O3S2. The number of hydrogen-bond acceptors (Lipinski definition) is 4. The van der Waals surface area contributed by atoms with Crippen LogP contribution in [0.4, 0.5) is 5.69 Å². The van der Waals surface area contributed by atoms with E-state index in [9.17, 15) is 13.2 Å². The number of anilines is 1. The summed E-state index contributed by atoms with van der Waals surface area (Å²) in [5, 5.41) is 0.387. The van der Waals surface area contributed by atoms with Crippen molar-refractivity contribution < 1.29 is 8.42 Å². The molecule has 130 valence electrons. The number of halogens is 1. The lowest BCUT2D eigenvalue weighted by molar-refractivity contribution is 0.601. The number of rotatable bonds is 5. The average molecular weight is 395 g/mol. The van der Waals surface area contributed by atoms with E-state index in [0.717, 1.165) is 22.4 Å². The Morgan fingerprint density at radius 3 is 2.72 bits per heavy atom. The number of hydrogen-bond donors (Lipinski definition) is 1. The van der Waals surface area contributed by atoms with Crippen LogP contribution in [0.2, 0.25) is 5.02 Å². The van der Waals surface area contributed by atoms with E-state index in [4.69, 9.17) is 11.6 Å². The zero-order chi connectivity index (χ0) is 18.2. The van der Waals surface area contributed by atoms with Crippen LogP contribution in [-0.4, -0.2) is 13.0 Å². The van der Waals surface area contributed by atoms with Gasteiger partial charge >= 0.3 is 4.87 Å². The molecule has 0 fully saturated rings. The summed E-state index contributed by atoms with van der Waals surface area (Å²) >= 11 is 7.08. The van der Waals surface area contributed by atoms with Crippen molar-refractivity contribution in [3.8, 4) is 0 Å². The standard InChI is InChI=1S/C17H15ClN2O3S2/c1-3-8-20-15-7-5-12(9-16(15)24-17(20)21)19-25(22,23)13-6-4-11(2)14(18)10-13/h3-7,9-10,19H,1,8H2,2H3. The van der Waals surface area contributed by atoms with E-state index in [1.807, 2.05) is 0 Å². The molecule has 0 aliphatic rings. The van der Waals surface area contributed by atoms with Crippen LogP contribution >= 0.6 is 22.9 Å². The molecule has 3 rings (SSSR count). The van der Waals surface area contributed by atoms with Crippen LogP contribution < -0.4 is 9.60 Å². The van der Waals surface area contributed by atoms with Crippen molar-refractivity contribution >= 4 is 48.9 Å². The predicted molar refractivity (Wildman–Crippen MR) is 103 cm³/mol. The van der Waals surface area contributed by atoms with Gasteiger partial charge in [-0.2, -0.15) is 0 Å². The van der Waals surface area contributed by atoms with Crippen LogP contribution in [0.15, 0.2) is 58.7 Å². The van der Waals surface area contributed by atoms with Crippen LogP contribution in [0.5, 0.6) is 0 Å². The third kappa shape index (κ3) is 3.49. The first-order chi connectivity index (χ1) is 11.8. The molecule has 0 unspecified atom stereocenters. The molecule has 0 saturated carbocycles. The molecule has 0 aliphatic carbocycles. The molecule has 8 heteroatoms. The fourth-order valence-electron chi connectivity index (χ4n) is 2.39. The number of aryl methyl sites for hydroxylation is 1. The van der Waals surface area contributed by atoms with Crippen LogP contribution in [-0.2, 0) is 16.6 Å². The summed E-state index contributed by atoms with van der Waals surface area (Å²) in [6.45, 7) is 5.85. The Morgan fingerprint density at radius 2 is 2.04 bits per heavy atom. The maximum absolute atomic E-state index is 12.5. The molecule has 25 heavy (non-hydrogen) atoms. The highest BCUT2D eigenvalue weighted by molar-refractivity contribution is 7.92. The number of sulfonamides is 1. The van der Waals surface area contributed by atoms with Crippen molar-refractivity contribution in [1.82, 2.24) is 4.57 Å². The Labute approximate surface area is 154 Å². The molecule has 0 amide bonds. The van der Waals surface area contributed by atoms with Gasteiger partial charge in [0, 0.05) is 11.6 Å². The van der Waals surface area contributed by atoms with Gasteiger partial charge in [0.25, 0.3) is 10.0 Å². The van der Waals surface area contributed by atoms with E-state index in [0.29, 0.717) is 22.0 Å². The first-order valence-electron chi connectivity index (χ1n) is 7.35. The summed E-state index contributed by atoms with van der Waals surface area (Å²) < 4.78 is 29.9. The molecule has 5 nitrogen and oxygen atoms in total. The molecule has 0 spiro atoms. The largest absolute Gasteiger partial charge is 0.308 e. The van der Waals surface area contributed by atoms with Crippen molar-refractivity contribution in [3.63, 3.8) is 0 Å². The Morgan fingerprint density at radius 1 is 1.28 bits per heavy atom. The Kier molecular flexibility index (Phi) is 4.73. The number of benzene rings is 2. The highest BCUT2D eigenvalue weighted by atomic mass is 35.5. The van der Waals surface area contributed by atoms with Gasteiger partial charge in [-0.3, -0.25) is 14.1 Å². The molecule has 1 N–H and O–H groups in total. The van der Waals surface area contributed by atoms with Gasteiger partial charge in [-0.15, -0.1) is 6.58 Å². The molecule has 0 saturated heterocycles. The second-order valence-corrected chi connectivity index (χ2v) is 8.55. The van der Waals surface area contributed by atoms with Gasteiger partial charge < -0.3 is 0 Å². The van der Waals surface area contributed by atoms with Gasteiger partial charge in [0.15, 0.2) is 0 Å². The van der Waals surface area contributed by atoms with Crippen LogP contribution in [0.1, 0.15) is 5.56 Å². The highest BCUT2D eigenvalue weighted by Gasteiger charge is 2.16. The van der Waals surface area contributed by atoms with Crippen molar-refractivity contribution in [2.45, 2.75) is 18.4 Å². The van der Waals surface area contributed by atoms with Crippen molar-refractivity contribution in [2.24, 2.45) is 0 Å². The lowest BCUT2D eigenvalue weighted by atomic mass is 10.2. The lowest BCUT2D eigenvalue weighted by Gasteiger charge is -2.09. The second-order valence-electron chi connectivity index (χ2n) is 5.47. The maximum Gasteiger partial charge on any atom is 0.308 e. The topological polar surface area (TPSA) is 68.2 Å². The normalized spacial score (nSPS) is 11.6. The molecule has 0 atom stereocenters. The van der Waals surface area contributed by atoms with E-state index in [1.165, 1.54) is 12.1 Å². The number of nitrogens with zero attached hydrogens (tertiary/aromatic N) is 1. The van der Waals surface area contributed by atoms with E-state index in [-0.39, 0.29) is 9.77 Å². The number of aromatic nitrogens is 1. The summed E-state index contributed by atoms with van der Waals surface area (Å²) in [5.41, 5.74) is 1.93. The maximum atomic E-state index is 12.5. The first kappa shape index (κ1) is 17.7. The summed E-state index contributed by atoms with van der Waals surface area (Å²) in [5.74, 6) is 0. The number of fused-ring (bicyclic) bond motifs is 1. The SMILES string of the molecule is C=CCn1c(=O)sc2cc(NS(=O)(=O)c3ccc(C)c(Cl)c3)ccc21. The van der Waals surface area contributed by atoms with Gasteiger partial charge in [-0.05, 0) is 42.8 Å². The summed E-state index contributed by atoms with van der Waals surface area (Å²) in [4.78, 5) is 12.0. The van der Waals surface area contributed by atoms with Crippen molar-refractivity contribution in [1.29, 1.82) is 0 Å². The number of thiazole rings is 1. The molecular weight excluding hydrogens is 380 g/mol. The van der Waals surface area contributed by atoms with Crippen molar-refractivity contribution in [2.75, 3.05) is 4.72 Å². The minimum atomic E-state index is -3.77. The molecule has 0 radical (unpaired) electrons. The monoisotopic (exact) mass is 394 g/mol. The third-order valence-corrected chi connectivity index (χ3v) is 6.41. The zero-order valence-corrected chi connectivity index (χ0v) is 15.7. The van der Waals surface area contributed by atoms with E-state index < -0.39 is 10.0 Å². The van der Waals surface area contributed by atoms with Gasteiger partial charge in [-0.25, -0.2) is 8.42 Å². The zero-order valence-electron chi connectivity index (χ0n) is 13.3. The Bertz CT molecular complexity index is 1130.